The molecule has 1 aromatic carbocycles. The van der Waals surface area contributed by atoms with Gasteiger partial charge in [0.25, 0.3) is 11.6 Å². The number of nitro groups is 1. The maximum atomic E-state index is 12.1. The molecule has 0 spiro atoms. The van der Waals surface area contributed by atoms with Crippen molar-refractivity contribution in [3.8, 4) is 0 Å². The molecule has 19 heavy (non-hydrogen) atoms. The second kappa shape index (κ2) is 6.14. The normalized spacial score (nSPS) is 12.1. The number of hydrogen-bond acceptors (Lipinski definition) is 5. The molecule has 4 N–H and O–H groups in total. The first-order valence-electron chi connectivity index (χ1n) is 5.92. The summed E-state index contributed by atoms with van der Waals surface area (Å²) in [5.41, 5.74) is 2.55. The Hall–Kier alpha value is -2.15. The van der Waals surface area contributed by atoms with Crippen LogP contribution in [-0.4, -0.2) is 16.9 Å². The van der Waals surface area contributed by atoms with Crippen LogP contribution in [0.4, 0.5) is 11.4 Å². The van der Waals surface area contributed by atoms with E-state index in [1.54, 1.807) is 0 Å². The Kier molecular flexibility index (Phi) is 4.82. The van der Waals surface area contributed by atoms with Gasteiger partial charge in [0.05, 0.1) is 4.92 Å². The number of benzene rings is 1. The molecule has 0 aliphatic carbocycles. The smallest absolute Gasteiger partial charge is 0.282 e. The van der Waals surface area contributed by atoms with Crippen molar-refractivity contribution >= 4 is 17.3 Å². The summed E-state index contributed by atoms with van der Waals surface area (Å²) in [7, 11) is 0. The van der Waals surface area contributed by atoms with Gasteiger partial charge in [-0.05, 0) is 25.0 Å². The number of amides is 1. The van der Waals surface area contributed by atoms with Crippen molar-refractivity contribution in [2.24, 2.45) is 11.8 Å². The van der Waals surface area contributed by atoms with E-state index in [1.165, 1.54) is 18.2 Å². The number of nitrogens with zero attached hydrogens (tertiary/aromatic N) is 1. The molecule has 104 valence electrons. The van der Waals surface area contributed by atoms with Crippen LogP contribution in [0.3, 0.4) is 0 Å². The third-order valence-electron chi connectivity index (χ3n) is 2.96. The number of carbonyl (C=O) groups excluding carboxylic acids is 1. The van der Waals surface area contributed by atoms with Crippen LogP contribution in [0.1, 0.15) is 31.1 Å². The second-order valence-corrected chi connectivity index (χ2v) is 4.64. The molecule has 0 saturated carbocycles. The maximum Gasteiger partial charge on any atom is 0.282 e. The topological polar surface area (TPSA) is 110 Å². The number of carbonyl (C=O) groups is 1. The van der Waals surface area contributed by atoms with E-state index < -0.39 is 10.8 Å². The van der Waals surface area contributed by atoms with Crippen LogP contribution in [0.25, 0.3) is 0 Å². The summed E-state index contributed by atoms with van der Waals surface area (Å²) >= 11 is 0. The molecule has 1 aromatic rings. The molecule has 1 atom stereocenters. The molecular weight excluding hydrogens is 248 g/mol. The zero-order valence-electron chi connectivity index (χ0n) is 11.1. The van der Waals surface area contributed by atoms with Crippen molar-refractivity contribution < 1.29 is 9.72 Å². The third-order valence-corrected chi connectivity index (χ3v) is 2.96. The molecule has 0 saturated heterocycles. The minimum absolute atomic E-state index is 0.00653. The minimum Gasteiger partial charge on any atom is -0.349 e. The lowest BCUT2D eigenvalue weighted by Crippen LogP contribution is -2.36. The Morgan fingerprint density at radius 1 is 1.37 bits per heavy atom. The van der Waals surface area contributed by atoms with E-state index in [9.17, 15) is 14.9 Å². The van der Waals surface area contributed by atoms with Crippen LogP contribution >= 0.6 is 0 Å². The van der Waals surface area contributed by atoms with Crippen LogP contribution in [0, 0.1) is 16.0 Å². The van der Waals surface area contributed by atoms with Gasteiger partial charge in [0.15, 0.2) is 0 Å². The first-order valence-corrected chi connectivity index (χ1v) is 5.92. The molecule has 0 fully saturated rings. The van der Waals surface area contributed by atoms with Crippen molar-refractivity contribution in [2.45, 2.75) is 26.8 Å². The van der Waals surface area contributed by atoms with Crippen molar-refractivity contribution in [1.29, 1.82) is 0 Å². The fraction of sp³-hybridized carbons (Fsp3) is 0.417. The minimum atomic E-state index is -0.588. The van der Waals surface area contributed by atoms with Gasteiger partial charge >= 0.3 is 0 Å². The highest BCUT2D eigenvalue weighted by Crippen LogP contribution is 2.22. The fourth-order valence-corrected chi connectivity index (χ4v) is 1.42. The SMILES string of the molecule is CC(C)C(C)NC(=O)c1cc(NN)ccc1[N+](=O)[O-]. The zero-order chi connectivity index (χ0) is 14.6. The number of anilines is 1. The predicted molar refractivity (Wildman–Crippen MR) is 72.7 cm³/mol. The van der Waals surface area contributed by atoms with Gasteiger partial charge < -0.3 is 10.7 Å². The average Bonchev–Trinajstić information content (AvgIpc) is 2.37. The van der Waals surface area contributed by atoms with E-state index in [2.05, 4.69) is 10.7 Å². The van der Waals surface area contributed by atoms with Crippen molar-refractivity contribution in [1.82, 2.24) is 5.32 Å². The molecule has 0 aromatic heterocycles. The Balaban J connectivity index is 3.09. The number of rotatable bonds is 5. The van der Waals surface area contributed by atoms with Crippen LogP contribution in [0.15, 0.2) is 18.2 Å². The first-order chi connectivity index (χ1) is 8.86. The maximum absolute atomic E-state index is 12.1. The number of nitrogens with one attached hydrogen (secondary N) is 2. The standard InChI is InChI=1S/C12H18N4O3/c1-7(2)8(3)14-12(17)10-6-9(15-13)4-5-11(10)16(18)19/h4-8,15H,13H2,1-3H3,(H,14,17). The van der Waals surface area contributed by atoms with Crippen LogP contribution in [0.5, 0.6) is 0 Å². The Morgan fingerprint density at radius 2 is 2.00 bits per heavy atom. The second-order valence-electron chi connectivity index (χ2n) is 4.64. The Bertz CT molecular complexity index is 488. The number of hydrazine groups is 1. The molecule has 7 heteroatoms. The van der Waals surface area contributed by atoms with Crippen molar-refractivity contribution in [2.75, 3.05) is 5.43 Å². The van der Waals surface area contributed by atoms with Gasteiger partial charge in [0, 0.05) is 17.8 Å². The van der Waals surface area contributed by atoms with Crippen molar-refractivity contribution in [3.63, 3.8) is 0 Å². The molecular formula is C12H18N4O3. The highest BCUT2D eigenvalue weighted by molar-refractivity contribution is 5.99. The summed E-state index contributed by atoms with van der Waals surface area (Å²) in [5.74, 6) is 5.00. The van der Waals surface area contributed by atoms with Crippen LogP contribution in [-0.2, 0) is 0 Å². The first kappa shape index (κ1) is 14.9. The number of hydrogen-bond donors (Lipinski definition) is 3. The molecule has 1 unspecified atom stereocenters. The number of nitrogens with two attached hydrogens (primary N) is 1. The number of nitrogen functional groups attached to an aromatic ring is 1. The molecule has 1 amide bonds. The Morgan fingerprint density at radius 3 is 2.47 bits per heavy atom. The molecule has 1 rings (SSSR count). The summed E-state index contributed by atoms with van der Waals surface area (Å²) in [4.78, 5) is 22.4. The average molecular weight is 266 g/mol. The lowest BCUT2D eigenvalue weighted by Gasteiger charge is -2.17. The van der Waals surface area contributed by atoms with E-state index in [0.717, 1.165) is 0 Å². The summed E-state index contributed by atoms with van der Waals surface area (Å²) in [5, 5.41) is 13.6. The van der Waals surface area contributed by atoms with E-state index in [0.29, 0.717) is 5.69 Å². The van der Waals surface area contributed by atoms with Gasteiger partial charge in [-0.15, -0.1) is 0 Å². The number of nitro benzene ring substituents is 1. The van der Waals surface area contributed by atoms with E-state index >= 15 is 0 Å². The summed E-state index contributed by atoms with van der Waals surface area (Å²) < 4.78 is 0. The van der Waals surface area contributed by atoms with E-state index in [-0.39, 0.29) is 23.2 Å². The van der Waals surface area contributed by atoms with Gasteiger partial charge in [0.2, 0.25) is 0 Å². The molecule has 7 nitrogen and oxygen atoms in total. The predicted octanol–water partition coefficient (Wildman–Crippen LogP) is 1.65. The molecule has 0 bridgehead atoms. The largest absolute Gasteiger partial charge is 0.349 e. The summed E-state index contributed by atoms with van der Waals surface area (Å²) in [6, 6.07) is 3.98. The highest BCUT2D eigenvalue weighted by Gasteiger charge is 2.22. The quantitative estimate of drug-likeness (QED) is 0.426. The van der Waals surface area contributed by atoms with Gasteiger partial charge in [-0.3, -0.25) is 20.8 Å². The summed E-state index contributed by atoms with van der Waals surface area (Å²) in [6.07, 6.45) is 0. The van der Waals surface area contributed by atoms with Crippen molar-refractivity contribution in [3.05, 3.63) is 33.9 Å². The van der Waals surface area contributed by atoms with E-state index in [1.807, 2.05) is 20.8 Å². The summed E-state index contributed by atoms with van der Waals surface area (Å²) in [6.45, 7) is 5.76. The van der Waals surface area contributed by atoms with Gasteiger partial charge in [-0.1, -0.05) is 13.8 Å². The molecule has 0 aliphatic rings. The van der Waals surface area contributed by atoms with E-state index in [4.69, 9.17) is 5.84 Å². The molecule has 0 aliphatic heterocycles. The highest BCUT2D eigenvalue weighted by atomic mass is 16.6. The van der Waals surface area contributed by atoms with Gasteiger partial charge in [-0.25, -0.2) is 0 Å². The lowest BCUT2D eigenvalue weighted by atomic mass is 10.1. The van der Waals surface area contributed by atoms with Crippen LogP contribution < -0.4 is 16.6 Å². The monoisotopic (exact) mass is 266 g/mol. The van der Waals surface area contributed by atoms with Gasteiger partial charge in [-0.2, -0.15) is 0 Å². The molecule has 0 heterocycles. The third kappa shape index (κ3) is 3.65. The zero-order valence-corrected chi connectivity index (χ0v) is 11.1. The fourth-order valence-electron chi connectivity index (χ4n) is 1.42. The van der Waals surface area contributed by atoms with Gasteiger partial charge in [0.1, 0.15) is 5.56 Å². The van der Waals surface area contributed by atoms with Crippen LogP contribution in [0.2, 0.25) is 0 Å². The lowest BCUT2D eigenvalue weighted by molar-refractivity contribution is -0.385. The molecule has 0 radical (unpaired) electrons. The Labute approximate surface area is 111 Å².